The Hall–Kier alpha value is -1.57. The van der Waals surface area contributed by atoms with Crippen molar-refractivity contribution in [2.45, 2.75) is 44.9 Å². The SMILES string of the molecule is CC(C)CCCNC(=O)CC(O)(c1nccn1C)C(F)(F)F. The van der Waals surface area contributed by atoms with Crippen LogP contribution in [0.3, 0.4) is 0 Å². The number of aromatic nitrogens is 2. The zero-order valence-corrected chi connectivity index (χ0v) is 12.9. The summed E-state index contributed by atoms with van der Waals surface area (Å²) in [5.74, 6) is -1.000. The van der Waals surface area contributed by atoms with Crippen LogP contribution in [0.1, 0.15) is 38.9 Å². The van der Waals surface area contributed by atoms with Crippen molar-refractivity contribution in [3.8, 4) is 0 Å². The summed E-state index contributed by atoms with van der Waals surface area (Å²) in [6.45, 7) is 4.32. The first-order valence-corrected chi connectivity index (χ1v) is 7.11. The molecular weight excluding hydrogens is 299 g/mol. The van der Waals surface area contributed by atoms with Crippen LogP contribution in [0.2, 0.25) is 0 Å². The Morgan fingerprint density at radius 1 is 1.45 bits per heavy atom. The topological polar surface area (TPSA) is 67.2 Å². The van der Waals surface area contributed by atoms with Crippen molar-refractivity contribution in [2.75, 3.05) is 6.54 Å². The molecule has 1 aromatic heterocycles. The Balaban J connectivity index is 2.75. The summed E-state index contributed by atoms with van der Waals surface area (Å²) in [4.78, 5) is 15.3. The number of aliphatic hydroxyl groups is 1. The molecule has 1 amide bonds. The van der Waals surface area contributed by atoms with Gasteiger partial charge in [0.05, 0.1) is 6.42 Å². The van der Waals surface area contributed by atoms with Gasteiger partial charge >= 0.3 is 6.18 Å². The molecule has 0 fully saturated rings. The predicted octanol–water partition coefficient (Wildman–Crippen LogP) is 2.11. The second-order valence-electron chi connectivity index (χ2n) is 5.78. The molecule has 2 N–H and O–H groups in total. The van der Waals surface area contributed by atoms with Crippen LogP contribution in [-0.2, 0) is 17.4 Å². The summed E-state index contributed by atoms with van der Waals surface area (Å²) in [6.07, 6.45) is -2.14. The molecule has 0 spiro atoms. The molecular formula is C14H22F3N3O2. The highest BCUT2D eigenvalue weighted by Gasteiger charge is 2.58. The van der Waals surface area contributed by atoms with Gasteiger partial charge in [-0.2, -0.15) is 13.2 Å². The van der Waals surface area contributed by atoms with E-state index in [9.17, 15) is 23.1 Å². The van der Waals surface area contributed by atoms with Crippen LogP contribution in [0, 0.1) is 5.92 Å². The second-order valence-corrected chi connectivity index (χ2v) is 5.78. The van der Waals surface area contributed by atoms with E-state index in [2.05, 4.69) is 10.3 Å². The number of carbonyl (C=O) groups excluding carboxylic acids is 1. The third kappa shape index (κ3) is 4.46. The number of rotatable bonds is 7. The Bertz CT molecular complexity index is 500. The van der Waals surface area contributed by atoms with Crippen molar-refractivity contribution in [1.82, 2.24) is 14.9 Å². The normalized spacial score (nSPS) is 14.9. The van der Waals surface area contributed by atoms with Crippen LogP contribution in [0.25, 0.3) is 0 Å². The van der Waals surface area contributed by atoms with Crippen LogP contribution in [0.15, 0.2) is 12.4 Å². The van der Waals surface area contributed by atoms with E-state index in [1.807, 2.05) is 13.8 Å². The molecule has 1 atom stereocenters. The first-order valence-electron chi connectivity index (χ1n) is 7.11. The van der Waals surface area contributed by atoms with Crippen molar-refractivity contribution >= 4 is 5.91 Å². The van der Waals surface area contributed by atoms with Gasteiger partial charge in [-0.05, 0) is 18.8 Å². The van der Waals surface area contributed by atoms with Crippen LogP contribution in [0.4, 0.5) is 13.2 Å². The quantitative estimate of drug-likeness (QED) is 0.756. The number of aryl methyl sites for hydroxylation is 1. The van der Waals surface area contributed by atoms with Gasteiger partial charge in [-0.1, -0.05) is 13.8 Å². The first kappa shape index (κ1) is 18.5. The van der Waals surface area contributed by atoms with Gasteiger partial charge in [0.15, 0.2) is 5.82 Å². The number of nitrogens with zero attached hydrogens (tertiary/aromatic N) is 2. The van der Waals surface area contributed by atoms with Gasteiger partial charge in [0, 0.05) is 26.0 Å². The lowest BCUT2D eigenvalue weighted by Crippen LogP contribution is -2.48. The lowest BCUT2D eigenvalue weighted by Gasteiger charge is -2.29. The molecule has 126 valence electrons. The molecule has 0 aliphatic rings. The molecule has 1 unspecified atom stereocenters. The van der Waals surface area contributed by atoms with Gasteiger partial charge in [-0.25, -0.2) is 4.98 Å². The lowest BCUT2D eigenvalue weighted by atomic mass is 9.97. The maximum atomic E-state index is 13.2. The van der Waals surface area contributed by atoms with Crippen molar-refractivity contribution < 1.29 is 23.1 Å². The molecule has 0 bridgehead atoms. The summed E-state index contributed by atoms with van der Waals surface area (Å²) in [7, 11) is 1.33. The summed E-state index contributed by atoms with van der Waals surface area (Å²) in [5.41, 5.74) is -3.30. The van der Waals surface area contributed by atoms with Crippen LogP contribution >= 0.6 is 0 Å². The Morgan fingerprint density at radius 3 is 2.55 bits per heavy atom. The van der Waals surface area contributed by atoms with Gasteiger partial charge in [0.1, 0.15) is 0 Å². The smallest absolute Gasteiger partial charge is 0.374 e. The molecule has 8 heteroatoms. The van der Waals surface area contributed by atoms with E-state index in [-0.39, 0.29) is 6.54 Å². The van der Waals surface area contributed by atoms with E-state index in [1.165, 1.54) is 13.2 Å². The maximum absolute atomic E-state index is 13.2. The maximum Gasteiger partial charge on any atom is 0.425 e. The number of carbonyl (C=O) groups is 1. The summed E-state index contributed by atoms with van der Waals surface area (Å²) < 4.78 is 40.7. The minimum atomic E-state index is -5.00. The van der Waals surface area contributed by atoms with E-state index in [0.29, 0.717) is 12.3 Å². The van der Waals surface area contributed by atoms with Gasteiger partial charge in [-0.3, -0.25) is 4.79 Å². The minimum absolute atomic E-state index is 0.283. The fourth-order valence-electron chi connectivity index (χ4n) is 2.10. The molecule has 1 rings (SSSR count). The highest BCUT2D eigenvalue weighted by molar-refractivity contribution is 5.77. The number of halogens is 3. The van der Waals surface area contributed by atoms with Gasteiger partial charge in [0.25, 0.3) is 0 Å². The monoisotopic (exact) mass is 321 g/mol. The Morgan fingerprint density at radius 2 is 2.09 bits per heavy atom. The molecule has 22 heavy (non-hydrogen) atoms. The molecule has 0 saturated carbocycles. The second kappa shape index (κ2) is 7.13. The van der Waals surface area contributed by atoms with E-state index in [1.54, 1.807) is 0 Å². The predicted molar refractivity (Wildman–Crippen MR) is 74.9 cm³/mol. The molecule has 1 heterocycles. The summed E-state index contributed by atoms with van der Waals surface area (Å²) in [6, 6.07) is 0. The van der Waals surface area contributed by atoms with Gasteiger partial charge in [0.2, 0.25) is 11.5 Å². The number of hydrogen-bond acceptors (Lipinski definition) is 3. The summed E-state index contributed by atoms with van der Waals surface area (Å²) >= 11 is 0. The third-order valence-electron chi connectivity index (χ3n) is 3.36. The van der Waals surface area contributed by atoms with Gasteiger partial charge in [-0.15, -0.1) is 0 Å². The lowest BCUT2D eigenvalue weighted by molar-refractivity contribution is -0.271. The number of hydrogen-bond donors (Lipinski definition) is 2. The molecule has 0 saturated heterocycles. The number of amides is 1. The van der Waals surface area contributed by atoms with Crippen LogP contribution in [0.5, 0.6) is 0 Å². The standard InChI is InChI=1S/C14H22F3N3O2/c1-10(2)5-4-6-18-11(21)9-13(22,14(15,16)17)12-19-7-8-20(12)3/h7-8,10,22H,4-6,9H2,1-3H3,(H,18,21). The van der Waals surface area contributed by atoms with Crippen LogP contribution < -0.4 is 5.32 Å². The number of nitrogens with one attached hydrogen (secondary N) is 1. The summed E-state index contributed by atoms with van der Waals surface area (Å²) in [5, 5.41) is 12.4. The molecule has 5 nitrogen and oxygen atoms in total. The van der Waals surface area contributed by atoms with Crippen molar-refractivity contribution in [2.24, 2.45) is 13.0 Å². The molecule has 0 aliphatic carbocycles. The number of alkyl halides is 3. The van der Waals surface area contributed by atoms with Crippen molar-refractivity contribution in [1.29, 1.82) is 0 Å². The van der Waals surface area contributed by atoms with Gasteiger partial charge < -0.3 is 15.0 Å². The van der Waals surface area contributed by atoms with E-state index in [4.69, 9.17) is 0 Å². The van der Waals surface area contributed by atoms with E-state index >= 15 is 0 Å². The van der Waals surface area contributed by atoms with Crippen molar-refractivity contribution in [3.05, 3.63) is 18.2 Å². The fourth-order valence-corrected chi connectivity index (χ4v) is 2.10. The average Bonchev–Trinajstić information content (AvgIpc) is 2.79. The molecule has 1 aromatic rings. The van der Waals surface area contributed by atoms with Crippen molar-refractivity contribution in [3.63, 3.8) is 0 Å². The zero-order valence-electron chi connectivity index (χ0n) is 12.9. The highest BCUT2D eigenvalue weighted by Crippen LogP contribution is 2.40. The highest BCUT2D eigenvalue weighted by atomic mass is 19.4. The Labute approximate surface area is 127 Å². The van der Waals surface area contributed by atoms with E-state index < -0.39 is 29.9 Å². The first-order chi connectivity index (χ1) is 10.1. The van der Waals surface area contributed by atoms with Crippen LogP contribution in [-0.4, -0.2) is 33.3 Å². The molecule has 0 aromatic carbocycles. The average molecular weight is 321 g/mol. The largest absolute Gasteiger partial charge is 0.425 e. The minimum Gasteiger partial charge on any atom is -0.374 e. The fraction of sp³-hybridized carbons (Fsp3) is 0.714. The number of imidazole rings is 1. The third-order valence-corrected chi connectivity index (χ3v) is 3.36. The Kier molecular flexibility index (Phi) is 5.99. The van der Waals surface area contributed by atoms with E-state index in [0.717, 1.165) is 17.2 Å². The molecule has 0 radical (unpaired) electrons. The zero-order chi connectivity index (χ0) is 17.0. The molecule has 0 aliphatic heterocycles.